The Bertz CT molecular complexity index is 736. The van der Waals surface area contributed by atoms with Crippen LogP contribution in [-0.4, -0.2) is 53.3 Å². The maximum Gasteiger partial charge on any atom is 0.228 e. The van der Waals surface area contributed by atoms with Crippen LogP contribution in [0.2, 0.25) is 0 Å². The molecule has 1 aromatic carbocycles. The first-order valence-electron chi connectivity index (χ1n) is 10.2. The van der Waals surface area contributed by atoms with Gasteiger partial charge in [-0.2, -0.15) is 4.98 Å². The van der Waals surface area contributed by atoms with E-state index in [9.17, 15) is 0 Å². The fourth-order valence-electron chi connectivity index (χ4n) is 3.16. The van der Waals surface area contributed by atoms with Crippen molar-refractivity contribution in [3.8, 4) is 5.75 Å². The van der Waals surface area contributed by atoms with Crippen LogP contribution in [0.5, 0.6) is 5.75 Å². The minimum Gasteiger partial charge on any atom is -0.490 e. The van der Waals surface area contributed by atoms with E-state index in [0.29, 0.717) is 18.9 Å². The maximum atomic E-state index is 6.09. The number of para-hydroxylation sites is 1. The number of nitrogens with zero attached hydrogens (tertiary/aromatic N) is 4. The fraction of sp³-hybridized carbons (Fsp3) is 0.571. The zero-order valence-electron chi connectivity index (χ0n) is 17.1. The van der Waals surface area contributed by atoms with Crippen LogP contribution in [0.3, 0.4) is 0 Å². The lowest BCUT2D eigenvalue weighted by Crippen LogP contribution is -2.47. The van der Waals surface area contributed by atoms with Crippen molar-refractivity contribution in [2.24, 2.45) is 4.99 Å². The summed E-state index contributed by atoms with van der Waals surface area (Å²) in [5.41, 5.74) is 0. The third-order valence-electron chi connectivity index (χ3n) is 4.71. The molecule has 28 heavy (non-hydrogen) atoms. The van der Waals surface area contributed by atoms with E-state index in [1.807, 2.05) is 30.3 Å². The van der Waals surface area contributed by atoms with Gasteiger partial charge in [0.15, 0.2) is 11.8 Å². The van der Waals surface area contributed by atoms with Gasteiger partial charge in [-0.1, -0.05) is 37.2 Å². The number of hydrogen-bond donors (Lipinski definition) is 1. The summed E-state index contributed by atoms with van der Waals surface area (Å²) in [5.74, 6) is 3.58. The van der Waals surface area contributed by atoms with E-state index < -0.39 is 0 Å². The van der Waals surface area contributed by atoms with Gasteiger partial charge in [-0.15, -0.1) is 0 Å². The second kappa shape index (κ2) is 10.1. The molecule has 1 fully saturated rings. The molecule has 1 aliphatic rings. The Balaban J connectivity index is 1.50. The van der Waals surface area contributed by atoms with E-state index >= 15 is 0 Å². The number of hydrogen-bond acceptors (Lipinski definition) is 5. The van der Waals surface area contributed by atoms with E-state index in [4.69, 9.17) is 14.3 Å². The molecule has 1 saturated heterocycles. The second-order valence-corrected chi connectivity index (χ2v) is 7.30. The second-order valence-electron chi connectivity index (χ2n) is 7.30. The van der Waals surface area contributed by atoms with Crippen LogP contribution >= 0.6 is 0 Å². The van der Waals surface area contributed by atoms with Crippen LogP contribution in [-0.2, 0) is 6.42 Å². The number of nitrogens with one attached hydrogen (secondary N) is 1. The molecule has 152 valence electrons. The Morgan fingerprint density at radius 2 is 2.04 bits per heavy atom. The van der Waals surface area contributed by atoms with E-state index in [0.717, 1.165) is 50.0 Å². The minimum absolute atomic E-state index is 0.259. The van der Waals surface area contributed by atoms with Gasteiger partial charge < -0.3 is 19.5 Å². The Morgan fingerprint density at radius 3 is 2.68 bits per heavy atom. The van der Waals surface area contributed by atoms with Gasteiger partial charge >= 0.3 is 0 Å². The summed E-state index contributed by atoms with van der Waals surface area (Å²) in [6, 6.07) is 10.1. The van der Waals surface area contributed by atoms with Crippen molar-refractivity contribution in [1.82, 2.24) is 20.4 Å². The SMILES string of the molecule is CCNC(=NCCc1nc(C(C)C)no1)N1CCC(Oc2ccccc2)CC1. The molecule has 0 aliphatic carbocycles. The Hall–Kier alpha value is -2.57. The number of piperidine rings is 1. The number of aliphatic imine (C=N–C) groups is 1. The highest BCUT2D eigenvalue weighted by atomic mass is 16.5. The van der Waals surface area contributed by atoms with Gasteiger partial charge in [-0.25, -0.2) is 0 Å². The normalized spacial score (nSPS) is 15.9. The predicted octanol–water partition coefficient (Wildman–Crippen LogP) is 3.24. The summed E-state index contributed by atoms with van der Waals surface area (Å²) in [6.07, 6.45) is 2.89. The van der Waals surface area contributed by atoms with Crippen molar-refractivity contribution in [1.29, 1.82) is 0 Å². The molecular weight excluding hydrogens is 354 g/mol. The molecule has 0 spiro atoms. The molecule has 2 aromatic rings. The van der Waals surface area contributed by atoms with E-state index in [2.05, 4.69) is 41.1 Å². The first kappa shape index (κ1) is 20.2. The summed E-state index contributed by atoms with van der Waals surface area (Å²) >= 11 is 0. The monoisotopic (exact) mass is 385 g/mol. The standard InChI is InChI=1S/C21H31N5O2/c1-4-22-21(23-13-10-19-24-20(16(2)3)25-28-19)26-14-11-18(12-15-26)27-17-8-6-5-7-9-17/h5-9,16,18H,4,10-15H2,1-3H3,(H,22,23). The van der Waals surface area contributed by atoms with Crippen LogP contribution in [0.25, 0.3) is 0 Å². The van der Waals surface area contributed by atoms with Gasteiger partial charge in [0.2, 0.25) is 5.89 Å². The summed E-state index contributed by atoms with van der Waals surface area (Å²) in [7, 11) is 0. The van der Waals surface area contributed by atoms with Crippen molar-refractivity contribution in [2.45, 2.75) is 52.1 Å². The van der Waals surface area contributed by atoms with Crippen molar-refractivity contribution in [3.63, 3.8) is 0 Å². The van der Waals surface area contributed by atoms with Crippen molar-refractivity contribution in [2.75, 3.05) is 26.2 Å². The van der Waals surface area contributed by atoms with E-state index in [1.165, 1.54) is 0 Å². The summed E-state index contributed by atoms with van der Waals surface area (Å²) in [4.78, 5) is 11.5. The smallest absolute Gasteiger partial charge is 0.228 e. The highest BCUT2D eigenvalue weighted by Gasteiger charge is 2.22. The van der Waals surface area contributed by atoms with Crippen molar-refractivity contribution < 1.29 is 9.26 Å². The summed E-state index contributed by atoms with van der Waals surface area (Å²) in [6.45, 7) is 9.54. The molecule has 1 aromatic heterocycles. The number of rotatable bonds is 7. The van der Waals surface area contributed by atoms with E-state index in [1.54, 1.807) is 0 Å². The molecule has 2 heterocycles. The molecule has 1 aliphatic heterocycles. The lowest BCUT2D eigenvalue weighted by Gasteiger charge is -2.34. The maximum absolute atomic E-state index is 6.09. The van der Waals surface area contributed by atoms with Gasteiger partial charge in [0.1, 0.15) is 11.9 Å². The van der Waals surface area contributed by atoms with Gasteiger partial charge in [0, 0.05) is 44.8 Å². The number of likely N-dealkylation sites (tertiary alicyclic amines) is 1. The quantitative estimate of drug-likeness (QED) is 0.582. The molecule has 0 saturated carbocycles. The molecule has 3 rings (SSSR count). The van der Waals surface area contributed by atoms with Crippen molar-refractivity contribution in [3.05, 3.63) is 42.0 Å². The lowest BCUT2D eigenvalue weighted by molar-refractivity contribution is 0.129. The number of guanidine groups is 1. The molecule has 1 N–H and O–H groups in total. The topological polar surface area (TPSA) is 75.8 Å². The number of aromatic nitrogens is 2. The third-order valence-corrected chi connectivity index (χ3v) is 4.71. The summed E-state index contributed by atoms with van der Waals surface area (Å²) < 4.78 is 11.4. The minimum atomic E-state index is 0.259. The highest BCUT2D eigenvalue weighted by molar-refractivity contribution is 5.80. The molecule has 0 radical (unpaired) electrons. The first-order valence-corrected chi connectivity index (χ1v) is 10.2. The molecule has 0 bridgehead atoms. The van der Waals surface area contributed by atoms with Gasteiger partial charge in [0.25, 0.3) is 0 Å². The van der Waals surface area contributed by atoms with Crippen LogP contribution < -0.4 is 10.1 Å². The predicted molar refractivity (Wildman–Crippen MR) is 110 cm³/mol. The van der Waals surface area contributed by atoms with Crippen LogP contribution in [0.1, 0.15) is 51.2 Å². The first-order chi connectivity index (χ1) is 13.7. The summed E-state index contributed by atoms with van der Waals surface area (Å²) in [5, 5.41) is 7.40. The lowest BCUT2D eigenvalue weighted by atomic mass is 10.1. The Labute approximate surface area is 167 Å². The van der Waals surface area contributed by atoms with E-state index in [-0.39, 0.29) is 12.0 Å². The highest BCUT2D eigenvalue weighted by Crippen LogP contribution is 2.18. The van der Waals surface area contributed by atoms with Crippen LogP contribution in [0.15, 0.2) is 39.8 Å². The molecule has 0 atom stereocenters. The molecular formula is C21H31N5O2. The Kier molecular flexibility index (Phi) is 7.28. The van der Waals surface area contributed by atoms with Gasteiger partial charge in [0.05, 0.1) is 6.54 Å². The zero-order chi connectivity index (χ0) is 19.8. The number of ether oxygens (including phenoxy) is 1. The Morgan fingerprint density at radius 1 is 1.29 bits per heavy atom. The van der Waals surface area contributed by atoms with Gasteiger partial charge in [-0.3, -0.25) is 4.99 Å². The van der Waals surface area contributed by atoms with Crippen molar-refractivity contribution >= 4 is 5.96 Å². The third kappa shape index (κ3) is 5.71. The molecule has 0 amide bonds. The largest absolute Gasteiger partial charge is 0.490 e. The number of benzene rings is 1. The zero-order valence-corrected chi connectivity index (χ0v) is 17.1. The molecule has 0 unspecified atom stereocenters. The van der Waals surface area contributed by atoms with Crippen LogP contribution in [0, 0.1) is 0 Å². The molecule has 7 heteroatoms. The average Bonchev–Trinajstić information content (AvgIpc) is 3.18. The average molecular weight is 386 g/mol. The van der Waals surface area contributed by atoms with Crippen LogP contribution in [0.4, 0.5) is 0 Å². The molecule has 7 nitrogen and oxygen atoms in total. The van der Waals surface area contributed by atoms with Gasteiger partial charge in [-0.05, 0) is 19.1 Å². The fourth-order valence-corrected chi connectivity index (χ4v) is 3.16.